The summed E-state index contributed by atoms with van der Waals surface area (Å²) >= 11 is 0. The van der Waals surface area contributed by atoms with Gasteiger partial charge in [-0.1, -0.05) is 6.07 Å². The molecule has 2 aromatic rings. The summed E-state index contributed by atoms with van der Waals surface area (Å²) in [6, 6.07) is 9.51. The van der Waals surface area contributed by atoms with Crippen LogP contribution in [0, 0.1) is 6.92 Å². The maximum atomic E-state index is 13.4. The number of hydrogen-bond donors (Lipinski definition) is 0. The van der Waals surface area contributed by atoms with Gasteiger partial charge >= 0.3 is 0 Å². The highest BCUT2D eigenvalue weighted by molar-refractivity contribution is 5.83. The normalized spacial score (nSPS) is 13.9. The van der Waals surface area contributed by atoms with Crippen molar-refractivity contribution in [3.05, 3.63) is 47.4 Å². The molecule has 35 heavy (non-hydrogen) atoms. The van der Waals surface area contributed by atoms with E-state index in [-0.39, 0.29) is 18.4 Å². The van der Waals surface area contributed by atoms with Gasteiger partial charge in [0.25, 0.3) is 0 Å². The van der Waals surface area contributed by atoms with Gasteiger partial charge in [0.2, 0.25) is 11.8 Å². The van der Waals surface area contributed by atoms with Crippen LogP contribution in [0.4, 0.5) is 0 Å². The average molecular weight is 488 g/mol. The summed E-state index contributed by atoms with van der Waals surface area (Å²) in [6.45, 7) is 8.55. The van der Waals surface area contributed by atoms with E-state index in [4.69, 9.17) is 18.6 Å². The first-order valence-electron chi connectivity index (χ1n) is 12.0. The number of morpholine rings is 1. The second-order valence-electron chi connectivity index (χ2n) is 8.66. The monoisotopic (exact) mass is 487 g/mol. The maximum Gasteiger partial charge on any atom is 0.242 e. The molecule has 0 N–H and O–H groups in total. The number of amides is 2. The molecule has 192 valence electrons. The number of hydrogen-bond acceptors (Lipinski definition) is 7. The standard InChI is InChI=1S/C26H37N3O6/c1-20-5-7-23(35-20)18-29(10-9-22-6-8-24(32-3)25(17-22)33-4)26(31)19-28(21(2)30)12-11-27-13-15-34-16-14-27/h5-8,17H,9-16,18-19H2,1-4H3. The number of benzene rings is 1. The molecule has 2 heterocycles. The molecule has 0 atom stereocenters. The Kier molecular flexibility index (Phi) is 9.98. The summed E-state index contributed by atoms with van der Waals surface area (Å²) in [5.74, 6) is 2.59. The van der Waals surface area contributed by atoms with Gasteiger partial charge in [-0.3, -0.25) is 14.5 Å². The lowest BCUT2D eigenvalue weighted by Gasteiger charge is -2.30. The SMILES string of the molecule is COc1ccc(CCN(Cc2ccc(C)o2)C(=O)CN(CCN2CCOCC2)C(C)=O)cc1OC. The van der Waals surface area contributed by atoms with Crippen LogP contribution < -0.4 is 9.47 Å². The maximum absolute atomic E-state index is 13.4. The molecule has 0 aliphatic carbocycles. The summed E-state index contributed by atoms with van der Waals surface area (Å²) in [4.78, 5) is 31.3. The number of nitrogens with zero attached hydrogens (tertiary/aromatic N) is 3. The molecule has 9 nitrogen and oxygen atoms in total. The van der Waals surface area contributed by atoms with Crippen molar-refractivity contribution in [2.45, 2.75) is 26.8 Å². The molecule has 0 spiro atoms. The fourth-order valence-electron chi connectivity index (χ4n) is 4.05. The van der Waals surface area contributed by atoms with Gasteiger partial charge in [0, 0.05) is 39.6 Å². The molecule has 3 rings (SSSR count). The van der Waals surface area contributed by atoms with E-state index in [1.807, 2.05) is 37.3 Å². The first kappa shape index (κ1) is 26.6. The van der Waals surface area contributed by atoms with Crippen molar-refractivity contribution in [2.75, 3.05) is 66.7 Å². The van der Waals surface area contributed by atoms with Crippen LogP contribution in [0.2, 0.25) is 0 Å². The molecule has 1 aliphatic heterocycles. The van der Waals surface area contributed by atoms with Crippen molar-refractivity contribution in [3.8, 4) is 11.5 Å². The summed E-state index contributed by atoms with van der Waals surface area (Å²) < 4.78 is 21.9. The van der Waals surface area contributed by atoms with Crippen molar-refractivity contribution >= 4 is 11.8 Å². The first-order valence-corrected chi connectivity index (χ1v) is 12.0. The molecule has 2 amide bonds. The zero-order valence-corrected chi connectivity index (χ0v) is 21.2. The van der Waals surface area contributed by atoms with Gasteiger partial charge in [0.15, 0.2) is 11.5 Å². The number of carbonyl (C=O) groups is 2. The molecule has 1 fully saturated rings. The zero-order chi connectivity index (χ0) is 25.2. The zero-order valence-electron chi connectivity index (χ0n) is 21.2. The Labute approximate surface area is 207 Å². The Balaban J connectivity index is 1.67. The smallest absolute Gasteiger partial charge is 0.242 e. The number of rotatable bonds is 12. The lowest BCUT2D eigenvalue weighted by atomic mass is 10.1. The van der Waals surface area contributed by atoms with Gasteiger partial charge < -0.3 is 28.4 Å². The molecular weight excluding hydrogens is 450 g/mol. The quantitative estimate of drug-likeness (QED) is 0.454. The molecule has 9 heteroatoms. The third-order valence-electron chi connectivity index (χ3n) is 6.18. The molecular formula is C26H37N3O6. The summed E-state index contributed by atoms with van der Waals surface area (Å²) in [6.07, 6.45) is 0.625. The lowest BCUT2D eigenvalue weighted by molar-refractivity contribution is -0.140. The predicted molar refractivity (Wildman–Crippen MR) is 132 cm³/mol. The molecule has 0 unspecified atom stereocenters. The first-order chi connectivity index (χ1) is 16.9. The van der Waals surface area contributed by atoms with Crippen LogP contribution in [0.25, 0.3) is 0 Å². The van der Waals surface area contributed by atoms with E-state index < -0.39 is 0 Å². The molecule has 1 saturated heterocycles. The van der Waals surface area contributed by atoms with Crippen molar-refractivity contribution in [3.63, 3.8) is 0 Å². The van der Waals surface area contributed by atoms with Gasteiger partial charge in [0.1, 0.15) is 11.5 Å². The summed E-state index contributed by atoms with van der Waals surface area (Å²) in [7, 11) is 3.20. The van der Waals surface area contributed by atoms with Gasteiger partial charge in [-0.15, -0.1) is 0 Å². The minimum Gasteiger partial charge on any atom is -0.493 e. The van der Waals surface area contributed by atoms with E-state index in [1.165, 1.54) is 6.92 Å². The van der Waals surface area contributed by atoms with Crippen LogP contribution in [0.3, 0.4) is 0 Å². The number of ether oxygens (including phenoxy) is 3. The fourth-order valence-corrected chi connectivity index (χ4v) is 4.05. The van der Waals surface area contributed by atoms with Gasteiger partial charge in [-0.2, -0.15) is 0 Å². The molecule has 0 bridgehead atoms. The van der Waals surface area contributed by atoms with Crippen LogP contribution in [-0.4, -0.2) is 93.2 Å². The predicted octanol–water partition coefficient (Wildman–Crippen LogP) is 2.36. The lowest BCUT2D eigenvalue weighted by Crippen LogP contribution is -2.46. The molecule has 0 radical (unpaired) electrons. The van der Waals surface area contributed by atoms with Crippen LogP contribution in [0.5, 0.6) is 11.5 Å². The van der Waals surface area contributed by atoms with E-state index in [0.29, 0.717) is 56.5 Å². The van der Waals surface area contributed by atoms with Crippen molar-refractivity contribution in [1.82, 2.24) is 14.7 Å². The number of furan rings is 1. The number of aryl methyl sites for hydroxylation is 1. The minimum absolute atomic E-state index is 0.0330. The van der Waals surface area contributed by atoms with Gasteiger partial charge in [-0.05, 0) is 43.2 Å². The minimum atomic E-state index is -0.114. The van der Waals surface area contributed by atoms with Crippen LogP contribution in [0.15, 0.2) is 34.7 Å². The van der Waals surface area contributed by atoms with E-state index in [2.05, 4.69) is 4.90 Å². The topological polar surface area (TPSA) is 84.7 Å². The Morgan fingerprint density at radius 3 is 2.37 bits per heavy atom. The van der Waals surface area contributed by atoms with Crippen molar-refractivity contribution in [1.29, 1.82) is 0 Å². The molecule has 1 aliphatic rings. The van der Waals surface area contributed by atoms with Crippen LogP contribution in [0.1, 0.15) is 24.0 Å². The number of carbonyl (C=O) groups excluding carboxylic acids is 2. The Hall–Kier alpha value is -3.04. The summed E-state index contributed by atoms with van der Waals surface area (Å²) in [5.41, 5.74) is 1.02. The van der Waals surface area contributed by atoms with Crippen molar-refractivity contribution in [2.24, 2.45) is 0 Å². The van der Waals surface area contributed by atoms with Crippen LogP contribution in [-0.2, 0) is 27.3 Å². The Bertz CT molecular complexity index is 970. The fraction of sp³-hybridized carbons (Fsp3) is 0.538. The second kappa shape index (κ2) is 13.2. The third-order valence-corrected chi connectivity index (χ3v) is 6.18. The van der Waals surface area contributed by atoms with E-state index in [1.54, 1.807) is 24.0 Å². The highest BCUT2D eigenvalue weighted by Crippen LogP contribution is 2.27. The summed E-state index contributed by atoms with van der Waals surface area (Å²) in [5, 5.41) is 0. The Morgan fingerprint density at radius 2 is 1.74 bits per heavy atom. The van der Waals surface area contributed by atoms with Gasteiger partial charge in [-0.25, -0.2) is 0 Å². The molecule has 0 saturated carbocycles. The highest BCUT2D eigenvalue weighted by Gasteiger charge is 2.22. The highest BCUT2D eigenvalue weighted by atomic mass is 16.5. The van der Waals surface area contributed by atoms with E-state index in [0.717, 1.165) is 31.0 Å². The van der Waals surface area contributed by atoms with Crippen LogP contribution >= 0.6 is 0 Å². The van der Waals surface area contributed by atoms with E-state index >= 15 is 0 Å². The van der Waals surface area contributed by atoms with Gasteiger partial charge in [0.05, 0.1) is 40.5 Å². The van der Waals surface area contributed by atoms with E-state index in [9.17, 15) is 9.59 Å². The molecule has 1 aromatic heterocycles. The average Bonchev–Trinajstić information content (AvgIpc) is 3.28. The third kappa shape index (κ3) is 8.00. The largest absolute Gasteiger partial charge is 0.493 e. The Morgan fingerprint density at radius 1 is 1.00 bits per heavy atom. The second-order valence-corrected chi connectivity index (χ2v) is 8.66. The number of methoxy groups -OCH3 is 2. The molecule has 1 aromatic carbocycles. The van der Waals surface area contributed by atoms with Crippen molar-refractivity contribution < 1.29 is 28.2 Å².